The van der Waals surface area contributed by atoms with Gasteiger partial charge < -0.3 is 14.4 Å². The number of anilines is 5. The summed E-state index contributed by atoms with van der Waals surface area (Å²) in [6, 6.07) is 91.9. The average molecular weight is 794 g/mol. The predicted octanol–water partition coefficient (Wildman–Crippen LogP) is 16.0. The lowest BCUT2D eigenvalue weighted by Gasteiger charge is -2.36. The molecule has 0 amide bonds. The van der Waals surface area contributed by atoms with E-state index in [9.17, 15) is 0 Å². The van der Waals surface area contributed by atoms with E-state index in [4.69, 9.17) is 0 Å². The number of nitrogens with zero attached hydrogens (tertiary/aromatic N) is 3. The second kappa shape index (κ2) is 16.1. The molecule has 0 aliphatic rings. The van der Waals surface area contributed by atoms with Crippen molar-refractivity contribution in [2.24, 2.45) is 0 Å². The molecule has 294 valence electrons. The van der Waals surface area contributed by atoms with Gasteiger partial charge in [0.1, 0.15) is 0 Å². The van der Waals surface area contributed by atoms with Crippen LogP contribution in [0.2, 0.25) is 0 Å². The Labute approximate surface area is 362 Å². The zero-order valence-electron chi connectivity index (χ0n) is 34.2. The third-order valence-corrected chi connectivity index (χ3v) is 12.1. The van der Waals surface area contributed by atoms with Gasteiger partial charge in [0.05, 0.1) is 17.1 Å². The first kappa shape index (κ1) is 36.9. The van der Waals surface area contributed by atoms with Crippen LogP contribution in [0, 0.1) is 0 Å². The van der Waals surface area contributed by atoms with E-state index in [0.717, 1.165) is 34.1 Å². The minimum Gasteiger partial charge on any atom is -0.330 e. The molecule has 11 rings (SSSR count). The molecule has 3 nitrogen and oxygen atoms in total. The second-order valence-electron chi connectivity index (χ2n) is 15.7. The van der Waals surface area contributed by atoms with Gasteiger partial charge in [0.15, 0.2) is 0 Å². The second-order valence-corrected chi connectivity index (χ2v) is 15.7. The van der Waals surface area contributed by atoms with Crippen LogP contribution in [0.15, 0.2) is 255 Å². The summed E-state index contributed by atoms with van der Waals surface area (Å²) >= 11 is 0. The number of hydrogen-bond acceptors (Lipinski definition) is 2. The summed E-state index contributed by atoms with van der Waals surface area (Å²) in [6.07, 6.45) is 0. The van der Waals surface area contributed by atoms with Crippen LogP contribution in [0.5, 0.6) is 0 Å². The highest BCUT2D eigenvalue weighted by Gasteiger charge is 2.27. The van der Waals surface area contributed by atoms with Crippen molar-refractivity contribution in [3.05, 3.63) is 266 Å². The minimum absolute atomic E-state index is 0.128. The maximum Gasteiger partial charge on any atom is 0.0850 e. The van der Waals surface area contributed by atoms with Gasteiger partial charge in [-0.15, -0.1) is 0 Å². The van der Waals surface area contributed by atoms with E-state index in [-0.39, 0.29) is 6.04 Å². The van der Waals surface area contributed by atoms with Crippen LogP contribution < -0.4 is 9.80 Å². The number of rotatable bonds is 10. The normalized spacial score (nSPS) is 11.8. The highest BCUT2D eigenvalue weighted by atomic mass is 15.2. The largest absolute Gasteiger partial charge is 0.330 e. The minimum atomic E-state index is -0.128. The summed E-state index contributed by atoms with van der Waals surface area (Å²) in [6.45, 7) is 0. The molecule has 11 aromatic rings. The molecule has 0 saturated heterocycles. The Kier molecular flexibility index (Phi) is 9.61. The number of aromatic nitrogens is 1. The standard InChI is InChI=1S/C59H43N3/c1-5-19-45(20-6-1)59(56-30-17-21-44-18-13-14-28-53(44)56)61(52-39-37-50(38-40-52)60(47-22-7-2-8-23-47)48-24-9-3-10-25-48)51-35-32-43(33-36-51)46-34-41-55-54-29-15-16-31-57(54)62(58(55)42-46)49-26-11-4-12-27-49/h1-42,59H. The van der Waals surface area contributed by atoms with Crippen molar-refractivity contribution in [2.75, 3.05) is 9.80 Å². The van der Waals surface area contributed by atoms with Crippen molar-refractivity contribution in [2.45, 2.75) is 6.04 Å². The zero-order valence-corrected chi connectivity index (χ0v) is 34.2. The van der Waals surface area contributed by atoms with Crippen molar-refractivity contribution in [3.8, 4) is 16.8 Å². The number of hydrogen-bond donors (Lipinski definition) is 0. The Bertz CT molecular complexity index is 3220. The van der Waals surface area contributed by atoms with Gasteiger partial charge in [-0.05, 0) is 118 Å². The van der Waals surface area contributed by atoms with Crippen molar-refractivity contribution in [1.82, 2.24) is 4.57 Å². The molecule has 1 aromatic heterocycles. The molecule has 62 heavy (non-hydrogen) atoms. The van der Waals surface area contributed by atoms with Crippen LogP contribution in [0.4, 0.5) is 28.4 Å². The lowest BCUT2D eigenvalue weighted by atomic mass is 9.91. The van der Waals surface area contributed by atoms with E-state index in [1.54, 1.807) is 0 Å². The van der Waals surface area contributed by atoms with Crippen LogP contribution in [0.3, 0.4) is 0 Å². The zero-order chi connectivity index (χ0) is 41.2. The molecular weight excluding hydrogens is 751 g/mol. The van der Waals surface area contributed by atoms with E-state index in [0.29, 0.717) is 0 Å². The third kappa shape index (κ3) is 6.76. The molecule has 0 radical (unpaired) electrons. The molecule has 0 fully saturated rings. The monoisotopic (exact) mass is 793 g/mol. The van der Waals surface area contributed by atoms with E-state index in [1.807, 2.05) is 0 Å². The highest BCUT2D eigenvalue weighted by Crippen LogP contribution is 2.44. The molecule has 0 aliphatic carbocycles. The fraction of sp³-hybridized carbons (Fsp3) is 0.0169. The molecule has 1 heterocycles. The Morgan fingerprint density at radius 2 is 0.806 bits per heavy atom. The van der Waals surface area contributed by atoms with Crippen LogP contribution in [0.1, 0.15) is 17.2 Å². The number of fused-ring (bicyclic) bond motifs is 4. The van der Waals surface area contributed by atoms with Gasteiger partial charge in [0, 0.05) is 44.9 Å². The smallest absolute Gasteiger partial charge is 0.0850 e. The molecule has 10 aromatic carbocycles. The first-order valence-electron chi connectivity index (χ1n) is 21.3. The van der Waals surface area contributed by atoms with E-state index in [2.05, 4.69) is 269 Å². The molecule has 1 unspecified atom stereocenters. The summed E-state index contributed by atoms with van der Waals surface area (Å²) < 4.78 is 2.39. The number of benzene rings is 10. The van der Waals surface area contributed by atoms with E-state index in [1.165, 1.54) is 54.8 Å². The van der Waals surface area contributed by atoms with Crippen LogP contribution >= 0.6 is 0 Å². The Morgan fingerprint density at radius 1 is 0.323 bits per heavy atom. The summed E-state index contributed by atoms with van der Waals surface area (Å²) in [5.74, 6) is 0. The Balaban J connectivity index is 1.06. The van der Waals surface area contributed by atoms with E-state index >= 15 is 0 Å². The van der Waals surface area contributed by atoms with Crippen LogP contribution in [0.25, 0.3) is 49.4 Å². The predicted molar refractivity (Wildman–Crippen MR) is 262 cm³/mol. The van der Waals surface area contributed by atoms with Crippen LogP contribution in [-0.4, -0.2) is 4.57 Å². The van der Waals surface area contributed by atoms with Crippen LogP contribution in [-0.2, 0) is 0 Å². The molecular formula is C59H43N3. The fourth-order valence-electron chi connectivity index (χ4n) is 9.22. The van der Waals surface area contributed by atoms with Gasteiger partial charge in [-0.25, -0.2) is 0 Å². The summed E-state index contributed by atoms with van der Waals surface area (Å²) in [4.78, 5) is 4.83. The molecule has 0 aliphatic heterocycles. The third-order valence-electron chi connectivity index (χ3n) is 12.1. The maximum absolute atomic E-state index is 2.51. The lowest BCUT2D eigenvalue weighted by molar-refractivity contribution is 0.827. The first-order valence-corrected chi connectivity index (χ1v) is 21.3. The molecule has 3 heteroatoms. The summed E-state index contributed by atoms with van der Waals surface area (Å²) in [5.41, 5.74) is 13.9. The highest BCUT2D eigenvalue weighted by molar-refractivity contribution is 6.10. The quantitative estimate of drug-likeness (QED) is 0.137. The Hall–Kier alpha value is -8.14. The first-order chi connectivity index (χ1) is 30.8. The molecule has 0 spiro atoms. The molecule has 0 N–H and O–H groups in total. The van der Waals surface area contributed by atoms with E-state index < -0.39 is 0 Å². The molecule has 0 saturated carbocycles. The Morgan fingerprint density at radius 3 is 1.48 bits per heavy atom. The number of para-hydroxylation sites is 4. The van der Waals surface area contributed by atoms with Gasteiger partial charge in [0.25, 0.3) is 0 Å². The summed E-state index contributed by atoms with van der Waals surface area (Å²) in [5, 5.41) is 4.97. The van der Waals surface area contributed by atoms with Gasteiger partial charge >= 0.3 is 0 Å². The van der Waals surface area contributed by atoms with Gasteiger partial charge in [-0.2, -0.15) is 0 Å². The van der Waals surface area contributed by atoms with Crippen molar-refractivity contribution in [3.63, 3.8) is 0 Å². The molecule has 1 atom stereocenters. The maximum atomic E-state index is 2.51. The average Bonchev–Trinajstić information content (AvgIpc) is 3.68. The van der Waals surface area contributed by atoms with Gasteiger partial charge in [0.2, 0.25) is 0 Å². The van der Waals surface area contributed by atoms with Crippen molar-refractivity contribution in [1.29, 1.82) is 0 Å². The molecule has 0 bridgehead atoms. The topological polar surface area (TPSA) is 11.4 Å². The fourth-order valence-corrected chi connectivity index (χ4v) is 9.22. The van der Waals surface area contributed by atoms with Gasteiger partial charge in [-0.3, -0.25) is 0 Å². The van der Waals surface area contributed by atoms with Crippen molar-refractivity contribution < 1.29 is 0 Å². The summed E-state index contributed by atoms with van der Waals surface area (Å²) in [7, 11) is 0. The van der Waals surface area contributed by atoms with Gasteiger partial charge in [-0.1, -0.05) is 170 Å². The van der Waals surface area contributed by atoms with Crippen molar-refractivity contribution >= 4 is 61.0 Å². The SMILES string of the molecule is c1ccc(C(c2cccc3ccccc23)N(c2ccc(-c3ccc4c5ccccc5n(-c5ccccc5)c4c3)cc2)c2ccc(N(c3ccccc3)c3ccccc3)cc2)cc1. The lowest BCUT2D eigenvalue weighted by Crippen LogP contribution is -2.25.